The quantitative estimate of drug-likeness (QED) is 0.648. The molecule has 112 valence electrons. The van der Waals surface area contributed by atoms with Crippen LogP contribution in [0.1, 0.15) is 25.0 Å². The number of hydrogen-bond acceptors (Lipinski definition) is 2. The number of guanidine groups is 1. The summed E-state index contributed by atoms with van der Waals surface area (Å²) in [5, 5.41) is 6.54. The van der Waals surface area contributed by atoms with Gasteiger partial charge in [0.15, 0.2) is 5.96 Å². The highest BCUT2D eigenvalue weighted by Gasteiger charge is 2.15. The molecule has 2 N–H and O–H groups in total. The lowest BCUT2D eigenvalue weighted by Crippen LogP contribution is -2.43. The molecule has 1 aromatic rings. The van der Waals surface area contributed by atoms with Gasteiger partial charge in [-0.3, -0.25) is 4.99 Å². The van der Waals surface area contributed by atoms with Gasteiger partial charge in [0.05, 0.1) is 0 Å². The van der Waals surface area contributed by atoms with Crippen LogP contribution in [0.15, 0.2) is 23.2 Å². The summed E-state index contributed by atoms with van der Waals surface area (Å²) >= 11 is 1.81. The van der Waals surface area contributed by atoms with Gasteiger partial charge in [0.1, 0.15) is 5.82 Å². The predicted molar refractivity (Wildman–Crippen MR) is 86.9 cm³/mol. The molecule has 0 amide bonds. The molecule has 0 heterocycles. The summed E-state index contributed by atoms with van der Waals surface area (Å²) in [5.41, 5.74) is 1.70. The molecule has 0 radical (unpaired) electrons. The van der Waals surface area contributed by atoms with Crippen LogP contribution >= 0.6 is 11.8 Å². The van der Waals surface area contributed by atoms with Crippen LogP contribution in [0.4, 0.5) is 4.39 Å². The summed E-state index contributed by atoms with van der Waals surface area (Å²) in [6.07, 6.45) is 2.10. The van der Waals surface area contributed by atoms with E-state index in [9.17, 15) is 4.39 Å². The fourth-order valence-electron chi connectivity index (χ4n) is 1.59. The monoisotopic (exact) mass is 297 g/mol. The van der Waals surface area contributed by atoms with Crippen LogP contribution in [-0.4, -0.2) is 30.6 Å². The highest BCUT2D eigenvalue weighted by Crippen LogP contribution is 2.19. The molecule has 0 bridgehead atoms. The largest absolute Gasteiger partial charge is 0.355 e. The summed E-state index contributed by atoms with van der Waals surface area (Å²) < 4.78 is 13.4. The fourth-order valence-corrected chi connectivity index (χ4v) is 1.81. The standard InChI is InChI=1S/C15H24FN3S/c1-11-8-12(6-7-13(11)16)9-18-14(17-4)19-10-15(2,3)20-5/h6-8H,9-10H2,1-5H3,(H2,17,18,19). The molecule has 1 aromatic carbocycles. The van der Waals surface area contributed by atoms with Gasteiger partial charge in [0.25, 0.3) is 0 Å². The Morgan fingerprint density at radius 2 is 2.05 bits per heavy atom. The van der Waals surface area contributed by atoms with Crippen molar-refractivity contribution in [3.8, 4) is 0 Å². The first-order valence-corrected chi connectivity index (χ1v) is 7.85. The lowest BCUT2D eigenvalue weighted by Gasteiger charge is -2.23. The SMILES string of the molecule is CN=C(NCc1ccc(F)c(C)c1)NCC(C)(C)SC. The summed E-state index contributed by atoms with van der Waals surface area (Å²) in [4.78, 5) is 4.19. The lowest BCUT2D eigenvalue weighted by atomic mass is 10.1. The molecule has 0 saturated heterocycles. The van der Waals surface area contributed by atoms with Gasteiger partial charge in [-0.05, 0) is 44.2 Å². The number of nitrogens with one attached hydrogen (secondary N) is 2. The number of hydrogen-bond donors (Lipinski definition) is 2. The maximum Gasteiger partial charge on any atom is 0.191 e. The molecule has 1 rings (SSSR count). The first kappa shape index (κ1) is 16.8. The number of aliphatic imine (C=N–C) groups is 1. The van der Waals surface area contributed by atoms with Crippen molar-refractivity contribution in [1.29, 1.82) is 0 Å². The molecule has 20 heavy (non-hydrogen) atoms. The van der Waals surface area contributed by atoms with Crippen molar-refractivity contribution in [3.05, 3.63) is 35.1 Å². The summed E-state index contributed by atoms with van der Waals surface area (Å²) in [6, 6.07) is 5.13. The Labute approximate surface area is 125 Å². The third-order valence-electron chi connectivity index (χ3n) is 3.14. The molecule has 0 unspecified atom stereocenters. The molecule has 0 fully saturated rings. The highest BCUT2D eigenvalue weighted by atomic mass is 32.2. The van der Waals surface area contributed by atoms with Gasteiger partial charge in [0, 0.05) is 24.9 Å². The second-order valence-corrected chi connectivity index (χ2v) is 6.84. The minimum atomic E-state index is -0.169. The van der Waals surface area contributed by atoms with Gasteiger partial charge in [0.2, 0.25) is 0 Å². The molecule has 0 saturated carbocycles. The van der Waals surface area contributed by atoms with Gasteiger partial charge < -0.3 is 10.6 Å². The van der Waals surface area contributed by atoms with Gasteiger partial charge in [-0.1, -0.05) is 12.1 Å². The van der Waals surface area contributed by atoms with Crippen molar-refractivity contribution in [2.45, 2.75) is 32.1 Å². The third kappa shape index (κ3) is 5.41. The van der Waals surface area contributed by atoms with Crippen LogP contribution in [0, 0.1) is 12.7 Å². The van der Waals surface area contributed by atoms with Gasteiger partial charge in [-0.15, -0.1) is 0 Å². The fraction of sp³-hybridized carbons (Fsp3) is 0.533. The average molecular weight is 297 g/mol. The van der Waals surface area contributed by atoms with Crippen molar-refractivity contribution in [2.75, 3.05) is 19.8 Å². The van der Waals surface area contributed by atoms with E-state index in [1.807, 2.05) is 17.8 Å². The Morgan fingerprint density at radius 3 is 2.60 bits per heavy atom. The topological polar surface area (TPSA) is 36.4 Å². The van der Waals surface area contributed by atoms with E-state index in [0.717, 1.165) is 18.1 Å². The van der Waals surface area contributed by atoms with Crippen molar-refractivity contribution in [3.63, 3.8) is 0 Å². The number of benzene rings is 1. The molecule has 0 aliphatic rings. The molecular weight excluding hydrogens is 273 g/mol. The molecule has 0 aromatic heterocycles. The molecule has 0 spiro atoms. The van der Waals surface area contributed by atoms with E-state index in [1.165, 1.54) is 6.07 Å². The van der Waals surface area contributed by atoms with Crippen LogP contribution < -0.4 is 10.6 Å². The van der Waals surface area contributed by atoms with Crippen molar-refractivity contribution in [1.82, 2.24) is 10.6 Å². The molecular formula is C15H24FN3S. The zero-order chi connectivity index (χ0) is 15.2. The van der Waals surface area contributed by atoms with E-state index in [4.69, 9.17) is 0 Å². The first-order chi connectivity index (χ1) is 9.38. The number of aryl methyl sites for hydroxylation is 1. The molecule has 0 aliphatic heterocycles. The van der Waals surface area contributed by atoms with Crippen LogP contribution in [0.5, 0.6) is 0 Å². The number of thioether (sulfide) groups is 1. The van der Waals surface area contributed by atoms with Crippen LogP contribution in [-0.2, 0) is 6.54 Å². The number of rotatable bonds is 5. The van der Waals surface area contributed by atoms with Gasteiger partial charge in [-0.25, -0.2) is 4.39 Å². The van der Waals surface area contributed by atoms with E-state index in [0.29, 0.717) is 12.1 Å². The third-order valence-corrected chi connectivity index (χ3v) is 4.39. The minimum Gasteiger partial charge on any atom is -0.355 e. The summed E-state index contributed by atoms with van der Waals surface area (Å²) in [6.45, 7) is 7.59. The minimum absolute atomic E-state index is 0.157. The van der Waals surface area contributed by atoms with E-state index >= 15 is 0 Å². The Hall–Kier alpha value is -1.23. The zero-order valence-electron chi connectivity index (χ0n) is 12.9. The smallest absolute Gasteiger partial charge is 0.191 e. The second kappa shape index (κ2) is 7.53. The maximum atomic E-state index is 13.2. The highest BCUT2D eigenvalue weighted by molar-refractivity contribution is 7.99. The van der Waals surface area contributed by atoms with Crippen molar-refractivity contribution < 1.29 is 4.39 Å². The molecule has 5 heteroatoms. The Kier molecular flexibility index (Phi) is 6.33. The first-order valence-electron chi connectivity index (χ1n) is 6.62. The van der Waals surface area contributed by atoms with E-state index in [2.05, 4.69) is 35.7 Å². The van der Waals surface area contributed by atoms with Crippen LogP contribution in [0.3, 0.4) is 0 Å². The van der Waals surface area contributed by atoms with Crippen LogP contribution in [0.25, 0.3) is 0 Å². The number of nitrogens with zero attached hydrogens (tertiary/aromatic N) is 1. The van der Waals surface area contributed by atoms with Crippen molar-refractivity contribution >= 4 is 17.7 Å². The predicted octanol–water partition coefficient (Wildman–Crippen LogP) is 2.94. The Bertz CT molecular complexity index is 472. The average Bonchev–Trinajstić information content (AvgIpc) is 2.42. The van der Waals surface area contributed by atoms with Crippen LogP contribution in [0.2, 0.25) is 0 Å². The normalized spacial score (nSPS) is 12.4. The lowest BCUT2D eigenvalue weighted by molar-refractivity contribution is 0.617. The summed E-state index contributed by atoms with van der Waals surface area (Å²) in [5.74, 6) is 0.590. The van der Waals surface area contributed by atoms with Gasteiger partial charge in [-0.2, -0.15) is 11.8 Å². The number of halogens is 1. The second-order valence-electron chi connectivity index (χ2n) is 5.33. The summed E-state index contributed by atoms with van der Waals surface area (Å²) in [7, 11) is 1.75. The zero-order valence-corrected chi connectivity index (χ0v) is 13.7. The Morgan fingerprint density at radius 1 is 1.35 bits per heavy atom. The molecule has 0 aliphatic carbocycles. The molecule has 0 atom stereocenters. The van der Waals surface area contributed by atoms with Crippen molar-refractivity contribution in [2.24, 2.45) is 4.99 Å². The maximum absolute atomic E-state index is 13.2. The van der Waals surface area contributed by atoms with Gasteiger partial charge >= 0.3 is 0 Å². The van der Waals surface area contributed by atoms with E-state index < -0.39 is 0 Å². The molecule has 3 nitrogen and oxygen atoms in total. The Balaban J connectivity index is 2.51. The van der Waals surface area contributed by atoms with E-state index in [-0.39, 0.29) is 10.6 Å². The van der Waals surface area contributed by atoms with E-state index in [1.54, 1.807) is 20.0 Å².